The average Bonchev–Trinajstić information content (AvgIpc) is 2.34. The summed E-state index contributed by atoms with van der Waals surface area (Å²) in [5.74, 6) is -1.55. The van der Waals surface area contributed by atoms with Crippen molar-refractivity contribution in [3.8, 4) is 0 Å². The van der Waals surface area contributed by atoms with Crippen molar-refractivity contribution in [2.45, 2.75) is 33.6 Å². The minimum atomic E-state index is -0.894. The normalized spacial score (nSPS) is 11.9. The zero-order valence-electron chi connectivity index (χ0n) is 11.7. The number of amides is 1. The third-order valence-corrected chi connectivity index (χ3v) is 3.15. The fraction of sp³-hybridized carbons (Fsp3) is 0.467. The van der Waals surface area contributed by atoms with Gasteiger partial charge in [0.1, 0.15) is 0 Å². The van der Waals surface area contributed by atoms with Crippen LogP contribution in [0.5, 0.6) is 0 Å². The number of aryl methyl sites for hydroxylation is 3. The number of rotatable bonds is 6. The number of carboxylic acids is 1. The van der Waals surface area contributed by atoms with E-state index in [1.54, 1.807) is 6.92 Å². The van der Waals surface area contributed by atoms with Crippen LogP contribution in [0.15, 0.2) is 18.2 Å². The molecule has 0 aromatic heterocycles. The Bertz CT molecular complexity index is 468. The molecule has 1 atom stereocenters. The van der Waals surface area contributed by atoms with Crippen LogP contribution in [0.1, 0.15) is 30.0 Å². The van der Waals surface area contributed by atoms with Gasteiger partial charge in [-0.05, 0) is 31.4 Å². The zero-order chi connectivity index (χ0) is 14.4. The summed E-state index contributed by atoms with van der Waals surface area (Å²) in [6.07, 6.45) is 1.07. The molecule has 2 N–H and O–H groups in total. The standard InChI is InChI=1S/C15H21NO3/c1-10-4-5-13(11(2)8-10)6-7-14(17)16-9-12(3)15(18)19/h4-5,8,12H,6-7,9H2,1-3H3,(H,16,17)(H,18,19). The van der Waals surface area contributed by atoms with E-state index in [2.05, 4.69) is 11.4 Å². The largest absolute Gasteiger partial charge is 0.481 e. The monoisotopic (exact) mass is 263 g/mol. The number of carbonyl (C=O) groups excluding carboxylic acids is 1. The molecule has 0 bridgehead atoms. The Morgan fingerprint density at radius 2 is 2.00 bits per heavy atom. The Morgan fingerprint density at radius 1 is 1.32 bits per heavy atom. The van der Waals surface area contributed by atoms with E-state index >= 15 is 0 Å². The van der Waals surface area contributed by atoms with Crippen LogP contribution in [0, 0.1) is 19.8 Å². The molecule has 1 aromatic carbocycles. The molecule has 0 fully saturated rings. The van der Waals surface area contributed by atoms with E-state index in [0.29, 0.717) is 12.8 Å². The van der Waals surface area contributed by atoms with E-state index < -0.39 is 11.9 Å². The first-order valence-corrected chi connectivity index (χ1v) is 6.45. The second-order valence-electron chi connectivity index (χ2n) is 4.97. The van der Waals surface area contributed by atoms with Crippen molar-refractivity contribution >= 4 is 11.9 Å². The molecular formula is C15H21NO3. The maximum Gasteiger partial charge on any atom is 0.308 e. The molecule has 4 heteroatoms. The molecule has 1 unspecified atom stereocenters. The van der Waals surface area contributed by atoms with Gasteiger partial charge in [0.2, 0.25) is 5.91 Å². The van der Waals surface area contributed by atoms with Gasteiger partial charge in [-0.15, -0.1) is 0 Å². The van der Waals surface area contributed by atoms with Crippen LogP contribution >= 0.6 is 0 Å². The van der Waals surface area contributed by atoms with Gasteiger partial charge in [-0.3, -0.25) is 9.59 Å². The minimum Gasteiger partial charge on any atom is -0.481 e. The van der Waals surface area contributed by atoms with E-state index in [1.807, 2.05) is 26.0 Å². The van der Waals surface area contributed by atoms with E-state index in [4.69, 9.17) is 5.11 Å². The Hall–Kier alpha value is -1.84. The van der Waals surface area contributed by atoms with Crippen molar-refractivity contribution in [1.82, 2.24) is 5.32 Å². The van der Waals surface area contributed by atoms with Gasteiger partial charge in [0, 0.05) is 13.0 Å². The second kappa shape index (κ2) is 6.92. The van der Waals surface area contributed by atoms with Gasteiger partial charge in [-0.25, -0.2) is 0 Å². The molecule has 0 aliphatic carbocycles. The van der Waals surface area contributed by atoms with E-state index in [-0.39, 0.29) is 12.5 Å². The molecule has 104 valence electrons. The van der Waals surface area contributed by atoms with Crippen LogP contribution in [-0.4, -0.2) is 23.5 Å². The Kier molecular flexibility index (Phi) is 5.55. The minimum absolute atomic E-state index is 0.104. The number of carboxylic acid groups (broad SMARTS) is 1. The second-order valence-corrected chi connectivity index (χ2v) is 4.97. The lowest BCUT2D eigenvalue weighted by molar-refractivity contribution is -0.141. The van der Waals surface area contributed by atoms with Gasteiger partial charge in [-0.1, -0.05) is 30.7 Å². The van der Waals surface area contributed by atoms with Gasteiger partial charge in [0.25, 0.3) is 0 Å². The lowest BCUT2D eigenvalue weighted by Gasteiger charge is -2.09. The summed E-state index contributed by atoms with van der Waals surface area (Å²) >= 11 is 0. The van der Waals surface area contributed by atoms with Gasteiger partial charge in [-0.2, -0.15) is 0 Å². The maximum absolute atomic E-state index is 11.6. The fourth-order valence-corrected chi connectivity index (χ4v) is 1.82. The number of carbonyl (C=O) groups is 2. The van der Waals surface area contributed by atoms with Crippen LogP contribution < -0.4 is 5.32 Å². The number of benzene rings is 1. The molecule has 0 aliphatic heterocycles. The lowest BCUT2D eigenvalue weighted by atomic mass is 10.0. The predicted molar refractivity (Wildman–Crippen MR) is 74.0 cm³/mol. The molecule has 0 saturated heterocycles. The topological polar surface area (TPSA) is 66.4 Å². The summed E-state index contributed by atoms with van der Waals surface area (Å²) < 4.78 is 0. The lowest BCUT2D eigenvalue weighted by Crippen LogP contribution is -2.31. The van der Waals surface area contributed by atoms with E-state index in [1.165, 1.54) is 11.1 Å². The van der Waals surface area contributed by atoms with Crippen molar-refractivity contribution in [1.29, 1.82) is 0 Å². The SMILES string of the molecule is Cc1ccc(CCC(=O)NCC(C)C(=O)O)c(C)c1. The van der Waals surface area contributed by atoms with Crippen molar-refractivity contribution in [2.24, 2.45) is 5.92 Å². The zero-order valence-corrected chi connectivity index (χ0v) is 11.7. The van der Waals surface area contributed by atoms with Crippen LogP contribution in [0.4, 0.5) is 0 Å². The fourth-order valence-electron chi connectivity index (χ4n) is 1.82. The summed E-state index contributed by atoms with van der Waals surface area (Å²) in [6.45, 7) is 5.83. The van der Waals surface area contributed by atoms with Gasteiger partial charge < -0.3 is 10.4 Å². The first-order valence-electron chi connectivity index (χ1n) is 6.45. The molecule has 0 radical (unpaired) electrons. The summed E-state index contributed by atoms with van der Waals surface area (Å²) in [5.41, 5.74) is 3.56. The van der Waals surface area contributed by atoms with Gasteiger partial charge >= 0.3 is 5.97 Å². The number of nitrogens with one attached hydrogen (secondary N) is 1. The number of aliphatic carboxylic acids is 1. The molecule has 0 saturated carbocycles. The first kappa shape index (κ1) is 15.2. The van der Waals surface area contributed by atoms with Gasteiger partial charge in [0.15, 0.2) is 0 Å². The highest BCUT2D eigenvalue weighted by Crippen LogP contribution is 2.12. The highest BCUT2D eigenvalue weighted by molar-refractivity contribution is 5.77. The van der Waals surface area contributed by atoms with Crippen molar-refractivity contribution in [2.75, 3.05) is 6.54 Å². The van der Waals surface area contributed by atoms with Crippen molar-refractivity contribution in [3.05, 3.63) is 34.9 Å². The molecule has 1 rings (SSSR count). The molecular weight excluding hydrogens is 242 g/mol. The van der Waals surface area contributed by atoms with E-state index in [0.717, 1.165) is 5.56 Å². The first-order chi connectivity index (χ1) is 8.90. The molecule has 1 amide bonds. The van der Waals surface area contributed by atoms with E-state index in [9.17, 15) is 9.59 Å². The van der Waals surface area contributed by atoms with Crippen LogP contribution in [0.2, 0.25) is 0 Å². The summed E-state index contributed by atoms with van der Waals surface area (Å²) in [7, 11) is 0. The van der Waals surface area contributed by atoms with Gasteiger partial charge in [0.05, 0.1) is 5.92 Å². The third-order valence-electron chi connectivity index (χ3n) is 3.15. The Balaban J connectivity index is 2.40. The maximum atomic E-state index is 11.6. The molecule has 0 spiro atoms. The number of hydrogen-bond donors (Lipinski definition) is 2. The molecule has 0 aliphatic rings. The predicted octanol–water partition coefficient (Wildman–Crippen LogP) is 2.07. The van der Waals surface area contributed by atoms with Crippen molar-refractivity contribution < 1.29 is 14.7 Å². The highest BCUT2D eigenvalue weighted by Gasteiger charge is 2.12. The van der Waals surface area contributed by atoms with Crippen LogP contribution in [0.25, 0.3) is 0 Å². The summed E-state index contributed by atoms with van der Waals surface area (Å²) in [5, 5.41) is 11.4. The molecule has 1 aromatic rings. The quantitative estimate of drug-likeness (QED) is 0.825. The molecule has 4 nitrogen and oxygen atoms in total. The molecule has 0 heterocycles. The van der Waals surface area contributed by atoms with Crippen molar-refractivity contribution in [3.63, 3.8) is 0 Å². The van der Waals surface area contributed by atoms with Crippen LogP contribution in [-0.2, 0) is 16.0 Å². The average molecular weight is 263 g/mol. The third kappa shape index (κ3) is 5.12. The highest BCUT2D eigenvalue weighted by atomic mass is 16.4. The summed E-state index contributed by atoms with van der Waals surface area (Å²) in [6, 6.07) is 6.17. The smallest absolute Gasteiger partial charge is 0.308 e. The Labute approximate surface area is 113 Å². The Morgan fingerprint density at radius 3 is 2.58 bits per heavy atom. The van der Waals surface area contributed by atoms with Crippen LogP contribution in [0.3, 0.4) is 0 Å². The molecule has 19 heavy (non-hydrogen) atoms. The number of hydrogen-bond acceptors (Lipinski definition) is 2. The summed E-state index contributed by atoms with van der Waals surface area (Å²) in [4.78, 5) is 22.2.